The van der Waals surface area contributed by atoms with Crippen LogP contribution in [0.2, 0.25) is 0 Å². The smallest absolute Gasteiger partial charge is 0.345 e. The van der Waals surface area contributed by atoms with Crippen LogP contribution in [0.25, 0.3) is 0 Å². The van der Waals surface area contributed by atoms with E-state index in [9.17, 15) is 10.1 Å². The van der Waals surface area contributed by atoms with E-state index in [4.69, 9.17) is 5.73 Å². The van der Waals surface area contributed by atoms with E-state index in [2.05, 4.69) is 24.1 Å². The van der Waals surface area contributed by atoms with Gasteiger partial charge in [0.1, 0.15) is 6.20 Å². The monoisotopic (exact) mass is 244 g/mol. The molecule has 7 heteroatoms. The molecule has 0 radical (unpaired) electrons. The van der Waals surface area contributed by atoms with Gasteiger partial charge in [0.25, 0.3) is 0 Å². The summed E-state index contributed by atoms with van der Waals surface area (Å²) in [5.41, 5.74) is 5.62. The zero-order valence-electron chi connectivity index (χ0n) is 9.34. The molecule has 1 heterocycles. The fourth-order valence-electron chi connectivity index (χ4n) is 1.37. The molecule has 6 nitrogen and oxygen atoms in total. The summed E-state index contributed by atoms with van der Waals surface area (Å²) in [6.45, 7) is 4.70. The summed E-state index contributed by atoms with van der Waals surface area (Å²) in [6.07, 6.45) is 2.18. The minimum atomic E-state index is -0.442. The molecule has 0 bridgehead atoms. The molecule has 1 unspecified atom stereocenters. The molecule has 16 heavy (non-hydrogen) atoms. The lowest BCUT2D eigenvalue weighted by molar-refractivity contribution is -0.380. The summed E-state index contributed by atoms with van der Waals surface area (Å²) in [7, 11) is 0. The molecule has 0 aliphatic carbocycles. The summed E-state index contributed by atoms with van der Waals surface area (Å²) in [4.78, 5) is 14.0. The first-order valence-corrected chi connectivity index (χ1v) is 5.91. The lowest BCUT2D eigenvalue weighted by Gasteiger charge is -2.17. The first-order chi connectivity index (χ1) is 7.52. The van der Waals surface area contributed by atoms with Crippen LogP contribution in [0.5, 0.6) is 0 Å². The fourth-order valence-corrected chi connectivity index (χ4v) is 2.08. The van der Waals surface area contributed by atoms with Crippen molar-refractivity contribution in [2.24, 2.45) is 11.7 Å². The third-order valence-corrected chi connectivity index (χ3v) is 2.92. The number of thiazole rings is 1. The molecule has 1 atom stereocenters. The van der Waals surface area contributed by atoms with Crippen LogP contribution in [0.4, 0.5) is 10.1 Å². The molecule has 1 aromatic heterocycles. The molecule has 0 aliphatic heterocycles. The minimum absolute atomic E-state index is 0.0443. The Bertz CT molecular complexity index is 353. The van der Waals surface area contributed by atoms with Gasteiger partial charge >= 0.3 is 5.00 Å². The highest BCUT2D eigenvalue weighted by atomic mass is 32.1. The van der Waals surface area contributed by atoms with Crippen LogP contribution in [0, 0.1) is 16.0 Å². The van der Waals surface area contributed by atoms with E-state index in [0.717, 1.165) is 17.8 Å². The third-order valence-electron chi connectivity index (χ3n) is 2.04. The van der Waals surface area contributed by atoms with Gasteiger partial charge in [0, 0.05) is 12.6 Å². The largest absolute Gasteiger partial charge is 0.357 e. The second-order valence-corrected chi connectivity index (χ2v) is 4.98. The average molecular weight is 244 g/mol. The highest BCUT2D eigenvalue weighted by Gasteiger charge is 2.15. The third kappa shape index (κ3) is 3.74. The van der Waals surface area contributed by atoms with Crippen LogP contribution < -0.4 is 11.1 Å². The van der Waals surface area contributed by atoms with Gasteiger partial charge in [0.2, 0.25) is 0 Å². The van der Waals surface area contributed by atoms with Crippen LogP contribution in [0.3, 0.4) is 0 Å². The van der Waals surface area contributed by atoms with Crippen LogP contribution in [0.15, 0.2) is 6.20 Å². The quantitative estimate of drug-likeness (QED) is 0.588. The number of nitro groups is 1. The van der Waals surface area contributed by atoms with E-state index in [1.54, 1.807) is 0 Å². The van der Waals surface area contributed by atoms with Crippen molar-refractivity contribution in [1.82, 2.24) is 4.98 Å². The van der Waals surface area contributed by atoms with Gasteiger partial charge in [-0.2, -0.15) is 0 Å². The van der Waals surface area contributed by atoms with Crippen molar-refractivity contribution in [3.8, 4) is 0 Å². The predicted molar refractivity (Wildman–Crippen MR) is 64.7 cm³/mol. The van der Waals surface area contributed by atoms with E-state index >= 15 is 0 Å². The van der Waals surface area contributed by atoms with E-state index in [1.807, 2.05) is 0 Å². The van der Waals surface area contributed by atoms with Gasteiger partial charge in [-0.1, -0.05) is 13.8 Å². The van der Waals surface area contributed by atoms with Gasteiger partial charge in [-0.15, -0.1) is 0 Å². The standard InChI is InChI=1S/C9H16N4O2S/c1-6(2)3-7(4-10)12-9-11-5-8(16-9)13(14)15/h5-7H,3-4,10H2,1-2H3,(H,11,12). The number of anilines is 1. The normalized spacial score (nSPS) is 12.8. The van der Waals surface area contributed by atoms with Gasteiger partial charge in [-0.3, -0.25) is 10.1 Å². The van der Waals surface area contributed by atoms with Crippen molar-refractivity contribution in [2.75, 3.05) is 11.9 Å². The lowest BCUT2D eigenvalue weighted by Crippen LogP contribution is -2.30. The molecule has 0 aromatic carbocycles. The maximum atomic E-state index is 10.5. The Morgan fingerprint density at radius 2 is 2.38 bits per heavy atom. The van der Waals surface area contributed by atoms with Crippen molar-refractivity contribution >= 4 is 21.5 Å². The number of nitrogens with one attached hydrogen (secondary N) is 1. The van der Waals surface area contributed by atoms with Crippen molar-refractivity contribution in [3.05, 3.63) is 16.3 Å². The number of nitrogens with two attached hydrogens (primary N) is 1. The van der Waals surface area contributed by atoms with Gasteiger partial charge in [-0.25, -0.2) is 4.98 Å². The summed E-state index contributed by atoms with van der Waals surface area (Å²) in [5, 5.41) is 14.2. The molecule has 90 valence electrons. The summed E-state index contributed by atoms with van der Waals surface area (Å²) < 4.78 is 0. The molecule has 0 amide bonds. The van der Waals surface area contributed by atoms with Gasteiger partial charge in [0.05, 0.1) is 4.92 Å². The molecular weight excluding hydrogens is 228 g/mol. The van der Waals surface area contributed by atoms with Crippen molar-refractivity contribution in [3.63, 3.8) is 0 Å². The maximum absolute atomic E-state index is 10.5. The Kier molecular flexibility index (Phi) is 4.63. The summed E-state index contributed by atoms with van der Waals surface area (Å²) in [6, 6.07) is 0.116. The minimum Gasteiger partial charge on any atom is -0.357 e. The molecular formula is C9H16N4O2S. The summed E-state index contributed by atoms with van der Waals surface area (Å²) >= 11 is 1.03. The zero-order chi connectivity index (χ0) is 12.1. The average Bonchev–Trinajstić information content (AvgIpc) is 2.64. The number of hydrogen-bond acceptors (Lipinski definition) is 6. The predicted octanol–water partition coefficient (Wildman–Crippen LogP) is 1.84. The van der Waals surface area contributed by atoms with Crippen LogP contribution in [0.1, 0.15) is 20.3 Å². The Morgan fingerprint density at radius 3 is 2.81 bits per heavy atom. The highest BCUT2D eigenvalue weighted by Crippen LogP contribution is 2.25. The van der Waals surface area contributed by atoms with Gasteiger partial charge in [0.15, 0.2) is 5.13 Å². The van der Waals surface area contributed by atoms with Crippen LogP contribution >= 0.6 is 11.3 Å². The van der Waals surface area contributed by atoms with Crippen LogP contribution in [-0.2, 0) is 0 Å². The Hall–Kier alpha value is -1.21. The molecule has 0 spiro atoms. The Balaban J connectivity index is 2.59. The summed E-state index contributed by atoms with van der Waals surface area (Å²) in [5.74, 6) is 0.524. The highest BCUT2D eigenvalue weighted by molar-refractivity contribution is 7.18. The zero-order valence-corrected chi connectivity index (χ0v) is 10.2. The Labute approximate surface area is 98.0 Å². The van der Waals surface area contributed by atoms with Crippen molar-refractivity contribution < 1.29 is 4.92 Å². The topological polar surface area (TPSA) is 94.1 Å². The molecule has 0 aliphatic rings. The maximum Gasteiger partial charge on any atom is 0.345 e. The molecule has 0 saturated heterocycles. The lowest BCUT2D eigenvalue weighted by atomic mass is 10.0. The molecule has 1 rings (SSSR count). The second-order valence-electron chi connectivity index (χ2n) is 3.97. The van der Waals surface area contributed by atoms with E-state index < -0.39 is 4.92 Å². The Morgan fingerprint density at radius 1 is 1.69 bits per heavy atom. The van der Waals surface area contributed by atoms with E-state index in [-0.39, 0.29) is 11.0 Å². The van der Waals surface area contributed by atoms with Gasteiger partial charge < -0.3 is 11.1 Å². The number of hydrogen-bond donors (Lipinski definition) is 2. The first kappa shape index (κ1) is 12.9. The van der Waals surface area contributed by atoms with E-state index in [0.29, 0.717) is 17.6 Å². The number of nitrogens with zero attached hydrogens (tertiary/aromatic N) is 2. The molecule has 1 aromatic rings. The van der Waals surface area contributed by atoms with Gasteiger partial charge in [-0.05, 0) is 23.7 Å². The molecule has 0 saturated carbocycles. The fraction of sp³-hybridized carbons (Fsp3) is 0.667. The molecule has 0 fully saturated rings. The van der Waals surface area contributed by atoms with Crippen molar-refractivity contribution in [1.29, 1.82) is 0 Å². The number of rotatable bonds is 6. The van der Waals surface area contributed by atoms with Crippen molar-refractivity contribution in [2.45, 2.75) is 26.3 Å². The van der Waals surface area contributed by atoms with E-state index in [1.165, 1.54) is 6.20 Å². The first-order valence-electron chi connectivity index (χ1n) is 5.09. The van der Waals surface area contributed by atoms with Crippen LogP contribution in [-0.4, -0.2) is 22.5 Å². The second kappa shape index (κ2) is 5.76. The SMILES string of the molecule is CC(C)CC(CN)Nc1ncc([N+](=O)[O-])s1. The number of aromatic nitrogens is 1. The molecule has 3 N–H and O–H groups in total.